The van der Waals surface area contributed by atoms with E-state index in [-0.39, 0.29) is 6.79 Å². The first-order valence-electron chi connectivity index (χ1n) is 8.96. The van der Waals surface area contributed by atoms with Gasteiger partial charge >= 0.3 is 0 Å². The van der Waals surface area contributed by atoms with Crippen molar-refractivity contribution < 1.29 is 23.8 Å². The van der Waals surface area contributed by atoms with Crippen LogP contribution in [0.25, 0.3) is 0 Å². The average Bonchev–Trinajstić information content (AvgIpc) is 3.25. The highest BCUT2D eigenvalue weighted by Gasteiger charge is 2.16. The molecule has 29 heavy (non-hydrogen) atoms. The lowest BCUT2D eigenvalue weighted by Gasteiger charge is -2.09. The first-order valence-corrected chi connectivity index (χ1v) is 8.96. The highest BCUT2D eigenvalue weighted by Crippen LogP contribution is 2.32. The van der Waals surface area contributed by atoms with Gasteiger partial charge < -0.3 is 14.2 Å². The Kier molecular flexibility index (Phi) is 5.29. The van der Waals surface area contributed by atoms with Crippen molar-refractivity contribution in [1.82, 2.24) is 10.9 Å². The zero-order chi connectivity index (χ0) is 20.1. The van der Waals surface area contributed by atoms with Gasteiger partial charge in [-0.3, -0.25) is 20.4 Å². The molecule has 2 N–H and O–H groups in total. The summed E-state index contributed by atoms with van der Waals surface area (Å²) in [6.07, 6.45) is 0. The summed E-state index contributed by atoms with van der Waals surface area (Å²) in [7, 11) is 0. The fraction of sp³-hybridized carbons (Fsp3) is 0.0909. The summed E-state index contributed by atoms with van der Waals surface area (Å²) >= 11 is 0. The van der Waals surface area contributed by atoms with Gasteiger partial charge in [0.1, 0.15) is 12.4 Å². The van der Waals surface area contributed by atoms with Crippen LogP contribution in [0.2, 0.25) is 0 Å². The zero-order valence-electron chi connectivity index (χ0n) is 15.4. The highest BCUT2D eigenvalue weighted by atomic mass is 16.7. The summed E-state index contributed by atoms with van der Waals surface area (Å²) < 4.78 is 16.1. The van der Waals surface area contributed by atoms with Crippen molar-refractivity contribution in [2.45, 2.75) is 6.61 Å². The van der Waals surface area contributed by atoms with Crippen molar-refractivity contribution in [2.75, 3.05) is 6.79 Å². The predicted octanol–water partition coefficient (Wildman–Crippen LogP) is 3.07. The Morgan fingerprint density at radius 1 is 0.793 bits per heavy atom. The van der Waals surface area contributed by atoms with E-state index in [1.807, 2.05) is 30.3 Å². The van der Waals surface area contributed by atoms with Crippen molar-refractivity contribution >= 4 is 11.8 Å². The Balaban J connectivity index is 1.29. The van der Waals surface area contributed by atoms with E-state index in [0.717, 1.165) is 5.56 Å². The molecule has 1 aliphatic rings. The van der Waals surface area contributed by atoms with Gasteiger partial charge in [0.15, 0.2) is 11.5 Å². The summed E-state index contributed by atoms with van der Waals surface area (Å²) in [6, 6.07) is 21.3. The van der Waals surface area contributed by atoms with E-state index >= 15 is 0 Å². The van der Waals surface area contributed by atoms with Crippen molar-refractivity contribution in [3.05, 3.63) is 89.5 Å². The third-order valence-corrected chi connectivity index (χ3v) is 4.29. The maximum Gasteiger partial charge on any atom is 0.269 e. The number of rotatable bonds is 5. The number of carbonyl (C=O) groups excluding carboxylic acids is 2. The molecule has 0 unspecified atom stereocenters. The Labute approximate surface area is 167 Å². The predicted molar refractivity (Wildman–Crippen MR) is 105 cm³/mol. The summed E-state index contributed by atoms with van der Waals surface area (Å²) in [5.41, 5.74) is 6.57. The number of amides is 2. The number of nitrogens with one attached hydrogen (secondary N) is 2. The van der Waals surface area contributed by atoms with Crippen LogP contribution in [0, 0.1) is 0 Å². The Hall–Kier alpha value is -4.00. The number of carbonyl (C=O) groups is 2. The highest BCUT2D eigenvalue weighted by molar-refractivity contribution is 5.99. The van der Waals surface area contributed by atoms with E-state index in [0.29, 0.717) is 35.0 Å². The molecule has 2 amide bonds. The van der Waals surface area contributed by atoms with Crippen molar-refractivity contribution in [2.24, 2.45) is 0 Å². The van der Waals surface area contributed by atoms with Gasteiger partial charge in [0, 0.05) is 11.1 Å². The summed E-state index contributed by atoms with van der Waals surface area (Å²) in [6.45, 7) is 0.570. The van der Waals surface area contributed by atoms with Crippen LogP contribution in [-0.2, 0) is 6.61 Å². The molecule has 1 aliphatic heterocycles. The molecular formula is C22H18N2O5. The minimum atomic E-state index is -0.459. The molecule has 0 spiro atoms. The lowest BCUT2D eigenvalue weighted by Crippen LogP contribution is -2.41. The van der Waals surface area contributed by atoms with Gasteiger partial charge in [-0.25, -0.2) is 0 Å². The van der Waals surface area contributed by atoms with Crippen LogP contribution in [0.3, 0.4) is 0 Å². The maximum atomic E-state index is 12.2. The minimum Gasteiger partial charge on any atom is -0.489 e. The van der Waals surface area contributed by atoms with Crippen LogP contribution in [0.15, 0.2) is 72.8 Å². The third-order valence-electron chi connectivity index (χ3n) is 4.29. The first kappa shape index (κ1) is 18.4. The van der Waals surface area contributed by atoms with Gasteiger partial charge in [-0.2, -0.15) is 0 Å². The summed E-state index contributed by atoms with van der Waals surface area (Å²) in [5.74, 6) is 0.832. The molecule has 0 aliphatic carbocycles. The Morgan fingerprint density at radius 2 is 1.45 bits per heavy atom. The second-order valence-corrected chi connectivity index (χ2v) is 6.27. The quantitative estimate of drug-likeness (QED) is 0.654. The number of hydrazine groups is 1. The number of fused-ring (bicyclic) bond motifs is 1. The standard InChI is InChI=1S/C22H18N2O5/c25-21(23-24-22(26)17-8-11-19-20(12-17)29-14-28-19)16-6-9-18(10-7-16)27-13-15-4-2-1-3-5-15/h1-12H,13-14H2,(H,23,25)(H,24,26). The number of benzene rings is 3. The van der Waals surface area contributed by atoms with Crippen LogP contribution in [0.1, 0.15) is 26.3 Å². The van der Waals surface area contributed by atoms with Gasteiger partial charge in [-0.1, -0.05) is 30.3 Å². The van der Waals surface area contributed by atoms with Crippen LogP contribution in [0.5, 0.6) is 17.2 Å². The smallest absolute Gasteiger partial charge is 0.269 e. The lowest BCUT2D eigenvalue weighted by atomic mass is 10.2. The molecule has 0 atom stereocenters. The van der Waals surface area contributed by atoms with E-state index in [2.05, 4.69) is 10.9 Å². The molecule has 1 heterocycles. The van der Waals surface area contributed by atoms with Gasteiger partial charge in [-0.05, 0) is 48.0 Å². The molecule has 7 heteroatoms. The Bertz CT molecular complexity index is 1020. The summed E-state index contributed by atoms with van der Waals surface area (Å²) in [5, 5.41) is 0. The molecule has 3 aromatic rings. The normalized spacial score (nSPS) is 11.6. The summed E-state index contributed by atoms with van der Waals surface area (Å²) in [4.78, 5) is 24.5. The molecular weight excluding hydrogens is 372 g/mol. The molecule has 0 bridgehead atoms. The fourth-order valence-electron chi connectivity index (χ4n) is 2.74. The van der Waals surface area contributed by atoms with Gasteiger partial charge in [0.05, 0.1) is 0 Å². The van der Waals surface area contributed by atoms with E-state index < -0.39 is 11.8 Å². The van der Waals surface area contributed by atoms with Crippen LogP contribution in [0.4, 0.5) is 0 Å². The van der Waals surface area contributed by atoms with Crippen molar-refractivity contribution in [1.29, 1.82) is 0 Å². The van der Waals surface area contributed by atoms with Crippen LogP contribution in [-0.4, -0.2) is 18.6 Å². The second kappa shape index (κ2) is 8.35. The number of hydrogen-bond acceptors (Lipinski definition) is 5. The first-order chi connectivity index (χ1) is 14.2. The lowest BCUT2D eigenvalue weighted by molar-refractivity contribution is 0.0846. The molecule has 0 saturated carbocycles. The van der Waals surface area contributed by atoms with Crippen molar-refractivity contribution in [3.63, 3.8) is 0 Å². The van der Waals surface area contributed by atoms with Gasteiger partial charge in [-0.15, -0.1) is 0 Å². The molecule has 0 aromatic heterocycles. The topological polar surface area (TPSA) is 85.9 Å². The monoisotopic (exact) mass is 390 g/mol. The molecule has 4 rings (SSSR count). The molecule has 146 valence electrons. The molecule has 0 saturated heterocycles. The second-order valence-electron chi connectivity index (χ2n) is 6.27. The van der Waals surface area contributed by atoms with E-state index in [1.54, 1.807) is 42.5 Å². The molecule has 7 nitrogen and oxygen atoms in total. The molecule has 0 fully saturated rings. The molecule has 3 aromatic carbocycles. The molecule has 0 radical (unpaired) electrons. The van der Waals surface area contributed by atoms with Gasteiger partial charge in [0.2, 0.25) is 6.79 Å². The largest absolute Gasteiger partial charge is 0.489 e. The van der Waals surface area contributed by atoms with Gasteiger partial charge in [0.25, 0.3) is 11.8 Å². The van der Waals surface area contributed by atoms with E-state index in [1.165, 1.54) is 0 Å². The SMILES string of the molecule is O=C(NNC(=O)c1ccc2c(c1)OCO2)c1ccc(OCc2ccccc2)cc1. The minimum absolute atomic E-state index is 0.127. The van der Waals surface area contributed by atoms with Crippen LogP contribution >= 0.6 is 0 Å². The Morgan fingerprint density at radius 3 is 2.21 bits per heavy atom. The number of hydrogen-bond donors (Lipinski definition) is 2. The van der Waals surface area contributed by atoms with E-state index in [9.17, 15) is 9.59 Å². The zero-order valence-corrected chi connectivity index (χ0v) is 15.4. The number of ether oxygens (including phenoxy) is 3. The van der Waals surface area contributed by atoms with Crippen LogP contribution < -0.4 is 25.1 Å². The maximum absolute atomic E-state index is 12.2. The van der Waals surface area contributed by atoms with Crippen molar-refractivity contribution in [3.8, 4) is 17.2 Å². The third kappa shape index (κ3) is 4.47. The average molecular weight is 390 g/mol. The van der Waals surface area contributed by atoms with E-state index in [4.69, 9.17) is 14.2 Å². The fourth-order valence-corrected chi connectivity index (χ4v) is 2.74.